The van der Waals surface area contributed by atoms with E-state index in [1.807, 2.05) is 0 Å². The quantitative estimate of drug-likeness (QED) is 0.495. The van der Waals surface area contributed by atoms with E-state index in [0.29, 0.717) is 5.65 Å². The monoisotopic (exact) mass is 267 g/mol. The molecular formula is C10H13N5O4. The molecular weight excluding hydrogens is 254 g/mol. The SMILES string of the molecule is N[C@@H]1[C@H](O)[C@@H](CO)O[C@H]1n1cnc2c(O)ncnc21. The van der Waals surface area contributed by atoms with Gasteiger partial charge in [0.1, 0.15) is 18.5 Å². The predicted molar refractivity (Wildman–Crippen MR) is 62.0 cm³/mol. The van der Waals surface area contributed by atoms with Crippen LogP contribution in [0.2, 0.25) is 0 Å². The first-order valence-corrected chi connectivity index (χ1v) is 5.70. The van der Waals surface area contributed by atoms with Crippen LogP contribution in [-0.4, -0.2) is 59.7 Å². The van der Waals surface area contributed by atoms with Gasteiger partial charge in [0.15, 0.2) is 17.4 Å². The zero-order valence-corrected chi connectivity index (χ0v) is 9.79. The molecule has 3 heterocycles. The summed E-state index contributed by atoms with van der Waals surface area (Å²) in [4.78, 5) is 11.6. The van der Waals surface area contributed by atoms with Gasteiger partial charge in [-0.1, -0.05) is 0 Å². The van der Waals surface area contributed by atoms with Crippen molar-refractivity contribution in [1.82, 2.24) is 19.5 Å². The summed E-state index contributed by atoms with van der Waals surface area (Å²) in [6.45, 7) is -0.335. The maximum absolute atomic E-state index is 9.83. The van der Waals surface area contributed by atoms with Gasteiger partial charge in [-0.05, 0) is 0 Å². The largest absolute Gasteiger partial charge is 0.492 e. The molecule has 102 valence electrons. The molecule has 1 aliphatic rings. The maximum Gasteiger partial charge on any atom is 0.242 e. The molecule has 9 heteroatoms. The molecule has 0 saturated carbocycles. The summed E-state index contributed by atoms with van der Waals surface area (Å²) < 4.78 is 6.98. The number of hydrogen-bond acceptors (Lipinski definition) is 8. The Morgan fingerprint density at radius 1 is 1.37 bits per heavy atom. The molecule has 9 nitrogen and oxygen atoms in total. The topological polar surface area (TPSA) is 140 Å². The standard InChI is InChI=1S/C10H13N5O4/c11-5-7(17)4(1-16)19-10(5)15-3-14-6-8(15)12-2-13-9(6)18/h2-5,7,10,16-17H,1,11H2,(H,12,13,18)/t4-,5-,7-,10-/m1/s1. The van der Waals surface area contributed by atoms with E-state index in [4.69, 9.17) is 15.6 Å². The molecule has 5 N–H and O–H groups in total. The van der Waals surface area contributed by atoms with Gasteiger partial charge >= 0.3 is 0 Å². The van der Waals surface area contributed by atoms with Crippen molar-refractivity contribution in [3.63, 3.8) is 0 Å². The predicted octanol–water partition coefficient (Wildman–Crippen LogP) is -1.89. The Bertz CT molecular complexity index is 603. The first kappa shape index (κ1) is 12.2. The van der Waals surface area contributed by atoms with Gasteiger partial charge in [0.2, 0.25) is 5.88 Å². The lowest BCUT2D eigenvalue weighted by atomic mass is 10.1. The molecule has 0 amide bonds. The zero-order chi connectivity index (χ0) is 13.6. The van der Waals surface area contributed by atoms with Crippen molar-refractivity contribution in [1.29, 1.82) is 0 Å². The van der Waals surface area contributed by atoms with Gasteiger partial charge in [0, 0.05) is 0 Å². The Morgan fingerprint density at radius 3 is 2.84 bits per heavy atom. The zero-order valence-electron chi connectivity index (χ0n) is 9.79. The molecule has 2 aromatic rings. The normalized spacial score (nSPS) is 31.1. The highest BCUT2D eigenvalue weighted by Gasteiger charge is 2.42. The number of aromatic nitrogens is 4. The molecule has 0 aromatic carbocycles. The number of nitrogens with two attached hydrogens (primary N) is 1. The highest BCUT2D eigenvalue weighted by atomic mass is 16.5. The van der Waals surface area contributed by atoms with Crippen LogP contribution in [0.1, 0.15) is 6.23 Å². The summed E-state index contributed by atoms with van der Waals surface area (Å²) >= 11 is 0. The van der Waals surface area contributed by atoms with Gasteiger partial charge in [-0.25, -0.2) is 9.97 Å². The van der Waals surface area contributed by atoms with E-state index in [-0.39, 0.29) is 18.0 Å². The Balaban J connectivity index is 2.04. The van der Waals surface area contributed by atoms with E-state index < -0.39 is 24.5 Å². The Morgan fingerprint density at radius 2 is 2.16 bits per heavy atom. The molecule has 19 heavy (non-hydrogen) atoms. The molecule has 0 spiro atoms. The van der Waals surface area contributed by atoms with Gasteiger partial charge in [-0.3, -0.25) is 4.57 Å². The van der Waals surface area contributed by atoms with E-state index in [0.717, 1.165) is 0 Å². The molecule has 1 saturated heterocycles. The maximum atomic E-state index is 9.83. The molecule has 0 bridgehead atoms. The van der Waals surface area contributed by atoms with Crippen LogP contribution in [0.5, 0.6) is 5.88 Å². The third-order valence-electron chi connectivity index (χ3n) is 3.21. The number of hydrogen-bond donors (Lipinski definition) is 4. The number of rotatable bonds is 2. The van der Waals surface area contributed by atoms with Crippen LogP contribution in [0.3, 0.4) is 0 Å². The van der Waals surface area contributed by atoms with Crippen molar-refractivity contribution in [2.24, 2.45) is 5.73 Å². The lowest BCUT2D eigenvalue weighted by Gasteiger charge is -2.17. The fourth-order valence-corrected chi connectivity index (χ4v) is 2.19. The lowest BCUT2D eigenvalue weighted by Crippen LogP contribution is -2.39. The number of aromatic hydroxyl groups is 1. The molecule has 3 rings (SSSR count). The Kier molecular flexibility index (Phi) is 2.82. The highest BCUT2D eigenvalue weighted by Crippen LogP contribution is 2.30. The van der Waals surface area contributed by atoms with Gasteiger partial charge in [0.25, 0.3) is 0 Å². The van der Waals surface area contributed by atoms with Crippen LogP contribution in [0.4, 0.5) is 0 Å². The molecule has 0 unspecified atom stereocenters. The first-order chi connectivity index (χ1) is 9.13. The van der Waals surface area contributed by atoms with Crippen LogP contribution in [0.15, 0.2) is 12.7 Å². The van der Waals surface area contributed by atoms with Crippen molar-refractivity contribution in [2.75, 3.05) is 6.61 Å². The van der Waals surface area contributed by atoms with Crippen LogP contribution in [0.25, 0.3) is 11.2 Å². The summed E-state index contributed by atoms with van der Waals surface area (Å²) in [5.41, 5.74) is 6.44. The summed E-state index contributed by atoms with van der Waals surface area (Å²) in [5, 5.41) is 28.5. The molecule has 0 aliphatic carbocycles. The van der Waals surface area contributed by atoms with E-state index in [9.17, 15) is 10.2 Å². The van der Waals surface area contributed by atoms with Crippen molar-refractivity contribution in [2.45, 2.75) is 24.5 Å². The second kappa shape index (κ2) is 4.38. The number of fused-ring (bicyclic) bond motifs is 1. The second-order valence-electron chi connectivity index (χ2n) is 4.34. The van der Waals surface area contributed by atoms with Crippen LogP contribution in [-0.2, 0) is 4.74 Å². The summed E-state index contributed by atoms with van der Waals surface area (Å²) in [6.07, 6.45) is 0.133. The minimum atomic E-state index is -0.983. The smallest absolute Gasteiger partial charge is 0.242 e. The van der Waals surface area contributed by atoms with E-state index in [1.165, 1.54) is 17.2 Å². The molecule has 1 aliphatic heterocycles. The van der Waals surface area contributed by atoms with Gasteiger partial charge in [-0.2, -0.15) is 4.98 Å². The lowest BCUT2D eigenvalue weighted by molar-refractivity contribution is -0.0437. The molecule has 4 atom stereocenters. The Hall–Kier alpha value is -1.81. The molecule has 2 aromatic heterocycles. The fraction of sp³-hybridized carbons (Fsp3) is 0.500. The summed E-state index contributed by atoms with van der Waals surface area (Å²) in [5.74, 6) is -0.241. The van der Waals surface area contributed by atoms with Crippen molar-refractivity contribution >= 4 is 11.2 Å². The minimum absolute atomic E-state index is 0.222. The highest BCUT2D eigenvalue weighted by molar-refractivity contribution is 5.75. The first-order valence-electron chi connectivity index (χ1n) is 5.70. The average molecular weight is 267 g/mol. The van der Waals surface area contributed by atoms with Gasteiger partial charge < -0.3 is 25.8 Å². The van der Waals surface area contributed by atoms with Gasteiger partial charge in [-0.15, -0.1) is 0 Å². The van der Waals surface area contributed by atoms with Crippen LogP contribution in [0, 0.1) is 0 Å². The minimum Gasteiger partial charge on any atom is -0.492 e. The number of imidazole rings is 1. The Labute approximate surface area is 107 Å². The number of ether oxygens (including phenoxy) is 1. The second-order valence-corrected chi connectivity index (χ2v) is 4.34. The van der Waals surface area contributed by atoms with Crippen LogP contribution >= 0.6 is 0 Å². The third-order valence-corrected chi connectivity index (χ3v) is 3.21. The number of aliphatic hydroxyl groups excluding tert-OH is 2. The third kappa shape index (κ3) is 1.75. The molecule has 1 fully saturated rings. The van der Waals surface area contributed by atoms with E-state index >= 15 is 0 Å². The summed E-state index contributed by atoms with van der Waals surface area (Å²) in [6, 6.07) is -0.730. The fourth-order valence-electron chi connectivity index (χ4n) is 2.19. The van der Waals surface area contributed by atoms with Crippen molar-refractivity contribution in [3.8, 4) is 5.88 Å². The average Bonchev–Trinajstić information content (AvgIpc) is 2.94. The van der Waals surface area contributed by atoms with Crippen molar-refractivity contribution < 1.29 is 20.1 Å². The van der Waals surface area contributed by atoms with E-state index in [2.05, 4.69) is 15.0 Å². The molecule has 0 radical (unpaired) electrons. The number of aliphatic hydroxyl groups is 2. The summed E-state index contributed by atoms with van der Waals surface area (Å²) in [7, 11) is 0. The van der Waals surface area contributed by atoms with E-state index in [1.54, 1.807) is 0 Å². The van der Waals surface area contributed by atoms with Crippen LogP contribution < -0.4 is 5.73 Å². The van der Waals surface area contributed by atoms with Gasteiger partial charge in [0.05, 0.1) is 19.0 Å². The number of nitrogens with zero attached hydrogens (tertiary/aromatic N) is 4. The van der Waals surface area contributed by atoms with Crippen molar-refractivity contribution in [3.05, 3.63) is 12.7 Å².